The van der Waals surface area contributed by atoms with Crippen LogP contribution in [0.2, 0.25) is 0 Å². The Morgan fingerprint density at radius 2 is 2.28 bits per heavy atom. The van der Waals surface area contributed by atoms with Crippen LogP contribution in [-0.4, -0.2) is 40.6 Å². The molecule has 2 atom stereocenters. The van der Waals surface area contributed by atoms with Crippen LogP contribution in [0.1, 0.15) is 41.1 Å². The zero-order chi connectivity index (χ0) is 17.3. The monoisotopic (exact) mass is 341 g/mol. The fourth-order valence-corrected chi connectivity index (χ4v) is 4.29. The molecule has 0 N–H and O–H groups in total. The van der Waals surface area contributed by atoms with Crippen LogP contribution in [0.3, 0.4) is 0 Å². The molecule has 1 saturated carbocycles. The van der Waals surface area contributed by atoms with Gasteiger partial charge in [0.15, 0.2) is 5.69 Å². The summed E-state index contributed by atoms with van der Waals surface area (Å²) >= 11 is 0. The van der Waals surface area contributed by atoms with E-state index in [1.54, 1.807) is 25.4 Å². The standard InChI is InChI=1S/C19H23N3O3/c1-14-9-17(21-25-14)18(23)22-10-16-3-2-6-19(16,12-22)13-24-11-15-4-7-20-8-5-15/h4-5,7-9,16H,2-3,6,10-13H2,1H3/t16-,19+/m0/s1. The second-order valence-electron chi connectivity index (χ2n) is 7.31. The molecule has 0 spiro atoms. The minimum atomic E-state index is -0.0280. The van der Waals surface area contributed by atoms with E-state index >= 15 is 0 Å². The number of aryl methyl sites for hydroxylation is 1. The highest BCUT2D eigenvalue weighted by Crippen LogP contribution is 2.49. The topological polar surface area (TPSA) is 68.5 Å². The molecule has 2 aliphatic rings. The molecule has 2 aromatic heterocycles. The van der Waals surface area contributed by atoms with E-state index in [1.807, 2.05) is 17.0 Å². The molecule has 1 aliphatic carbocycles. The fraction of sp³-hybridized carbons (Fsp3) is 0.526. The van der Waals surface area contributed by atoms with Crippen molar-refractivity contribution in [3.63, 3.8) is 0 Å². The van der Waals surface area contributed by atoms with E-state index in [0.717, 1.165) is 25.1 Å². The predicted octanol–water partition coefficient (Wildman–Crippen LogP) is 2.84. The summed E-state index contributed by atoms with van der Waals surface area (Å²) in [5.41, 5.74) is 1.62. The van der Waals surface area contributed by atoms with Crippen LogP contribution in [0.15, 0.2) is 35.1 Å². The highest BCUT2D eigenvalue weighted by molar-refractivity contribution is 5.92. The van der Waals surface area contributed by atoms with Gasteiger partial charge >= 0.3 is 0 Å². The van der Waals surface area contributed by atoms with Gasteiger partial charge in [-0.3, -0.25) is 9.78 Å². The number of amides is 1. The van der Waals surface area contributed by atoms with E-state index in [0.29, 0.717) is 30.6 Å². The van der Waals surface area contributed by atoms with Gasteiger partial charge in [0.25, 0.3) is 5.91 Å². The van der Waals surface area contributed by atoms with Crippen molar-refractivity contribution >= 4 is 5.91 Å². The van der Waals surface area contributed by atoms with Gasteiger partial charge in [-0.25, -0.2) is 0 Å². The lowest BCUT2D eigenvalue weighted by molar-refractivity contribution is 0.0264. The smallest absolute Gasteiger partial charge is 0.276 e. The number of nitrogens with zero attached hydrogens (tertiary/aromatic N) is 3. The van der Waals surface area contributed by atoms with Gasteiger partial charge in [-0.2, -0.15) is 0 Å². The van der Waals surface area contributed by atoms with Crippen LogP contribution in [0, 0.1) is 18.3 Å². The summed E-state index contributed by atoms with van der Waals surface area (Å²) in [4.78, 5) is 18.6. The van der Waals surface area contributed by atoms with Gasteiger partial charge in [-0.05, 0) is 43.4 Å². The Morgan fingerprint density at radius 1 is 1.44 bits per heavy atom. The Labute approximate surface area is 147 Å². The quantitative estimate of drug-likeness (QED) is 0.836. The van der Waals surface area contributed by atoms with E-state index < -0.39 is 0 Å². The number of fused-ring (bicyclic) bond motifs is 1. The van der Waals surface area contributed by atoms with E-state index in [9.17, 15) is 4.79 Å². The molecule has 1 aliphatic heterocycles. The largest absolute Gasteiger partial charge is 0.376 e. The van der Waals surface area contributed by atoms with Crippen LogP contribution in [0.4, 0.5) is 0 Å². The summed E-state index contributed by atoms with van der Waals surface area (Å²) in [7, 11) is 0. The molecule has 1 saturated heterocycles. The lowest BCUT2D eigenvalue weighted by atomic mass is 9.81. The van der Waals surface area contributed by atoms with Crippen molar-refractivity contribution < 1.29 is 14.1 Å². The summed E-state index contributed by atoms with van der Waals surface area (Å²) in [6.07, 6.45) is 7.07. The van der Waals surface area contributed by atoms with Crippen LogP contribution in [-0.2, 0) is 11.3 Å². The van der Waals surface area contributed by atoms with E-state index in [4.69, 9.17) is 9.26 Å². The molecule has 0 bridgehead atoms. The molecular formula is C19H23N3O3. The third-order valence-electron chi connectivity index (χ3n) is 5.58. The van der Waals surface area contributed by atoms with Crippen LogP contribution in [0.25, 0.3) is 0 Å². The van der Waals surface area contributed by atoms with E-state index in [-0.39, 0.29) is 11.3 Å². The molecule has 2 aromatic rings. The van der Waals surface area contributed by atoms with Gasteiger partial charge in [0.1, 0.15) is 5.76 Å². The van der Waals surface area contributed by atoms with Crippen molar-refractivity contribution in [1.82, 2.24) is 15.0 Å². The average Bonchev–Trinajstić information content (AvgIpc) is 3.29. The third kappa shape index (κ3) is 3.18. The molecule has 1 amide bonds. The number of hydrogen-bond donors (Lipinski definition) is 0. The van der Waals surface area contributed by atoms with Crippen LogP contribution >= 0.6 is 0 Å². The number of carbonyl (C=O) groups is 1. The molecule has 3 heterocycles. The number of likely N-dealkylation sites (tertiary alicyclic amines) is 1. The van der Waals surface area contributed by atoms with E-state index in [1.165, 1.54) is 12.8 Å². The molecule has 0 unspecified atom stereocenters. The zero-order valence-electron chi connectivity index (χ0n) is 14.5. The van der Waals surface area contributed by atoms with Crippen molar-refractivity contribution in [2.45, 2.75) is 32.8 Å². The summed E-state index contributed by atoms with van der Waals surface area (Å²) in [5, 5.41) is 3.88. The Hall–Kier alpha value is -2.21. The highest BCUT2D eigenvalue weighted by Gasteiger charge is 2.51. The number of carbonyl (C=O) groups excluding carboxylic acids is 1. The van der Waals surface area contributed by atoms with Gasteiger partial charge in [0.05, 0.1) is 13.2 Å². The Kier molecular flexibility index (Phi) is 4.29. The molecule has 2 fully saturated rings. The third-order valence-corrected chi connectivity index (χ3v) is 5.58. The molecule has 0 radical (unpaired) electrons. The normalized spacial score (nSPS) is 25.3. The average molecular weight is 341 g/mol. The summed E-state index contributed by atoms with van der Waals surface area (Å²) < 4.78 is 11.1. The number of hydrogen-bond acceptors (Lipinski definition) is 5. The Balaban J connectivity index is 1.41. The molecule has 6 nitrogen and oxygen atoms in total. The number of rotatable bonds is 5. The Bertz CT molecular complexity index is 745. The number of pyridine rings is 1. The molecule has 6 heteroatoms. The SMILES string of the molecule is Cc1cc(C(=O)N2C[C@@H]3CCC[C@]3(COCc3ccncc3)C2)no1. The van der Waals surface area contributed by atoms with Crippen molar-refractivity contribution in [2.75, 3.05) is 19.7 Å². The molecule has 25 heavy (non-hydrogen) atoms. The molecule has 4 rings (SSSR count). The van der Waals surface area contributed by atoms with Crippen molar-refractivity contribution in [3.8, 4) is 0 Å². The van der Waals surface area contributed by atoms with Gasteiger partial charge in [-0.15, -0.1) is 0 Å². The first-order chi connectivity index (χ1) is 12.2. The maximum absolute atomic E-state index is 12.7. The summed E-state index contributed by atoms with van der Waals surface area (Å²) in [6, 6.07) is 5.66. The first-order valence-corrected chi connectivity index (χ1v) is 8.85. The minimum absolute atomic E-state index is 0.0280. The van der Waals surface area contributed by atoms with Gasteiger partial charge in [0.2, 0.25) is 0 Å². The number of ether oxygens (including phenoxy) is 1. The first kappa shape index (κ1) is 16.3. The predicted molar refractivity (Wildman–Crippen MR) is 90.8 cm³/mol. The molecular weight excluding hydrogens is 318 g/mol. The lowest BCUT2D eigenvalue weighted by Gasteiger charge is -2.28. The lowest BCUT2D eigenvalue weighted by Crippen LogP contribution is -2.34. The van der Waals surface area contributed by atoms with Crippen LogP contribution < -0.4 is 0 Å². The summed E-state index contributed by atoms with van der Waals surface area (Å²) in [6.45, 7) is 4.63. The second-order valence-corrected chi connectivity index (χ2v) is 7.31. The van der Waals surface area contributed by atoms with Crippen LogP contribution in [0.5, 0.6) is 0 Å². The van der Waals surface area contributed by atoms with Gasteiger partial charge < -0.3 is 14.2 Å². The van der Waals surface area contributed by atoms with Crippen molar-refractivity contribution in [3.05, 3.63) is 47.6 Å². The highest BCUT2D eigenvalue weighted by atomic mass is 16.5. The Morgan fingerprint density at radius 3 is 3.04 bits per heavy atom. The summed E-state index contributed by atoms with van der Waals surface area (Å²) in [5.74, 6) is 1.15. The van der Waals surface area contributed by atoms with Crippen molar-refractivity contribution in [2.24, 2.45) is 11.3 Å². The van der Waals surface area contributed by atoms with Gasteiger partial charge in [0, 0.05) is 37.0 Å². The van der Waals surface area contributed by atoms with Crippen molar-refractivity contribution in [1.29, 1.82) is 0 Å². The maximum atomic E-state index is 12.7. The molecule has 0 aromatic carbocycles. The first-order valence-electron chi connectivity index (χ1n) is 8.85. The fourth-order valence-electron chi connectivity index (χ4n) is 4.29. The minimum Gasteiger partial charge on any atom is -0.376 e. The van der Waals surface area contributed by atoms with E-state index in [2.05, 4.69) is 10.1 Å². The second kappa shape index (κ2) is 6.59. The maximum Gasteiger partial charge on any atom is 0.276 e. The molecule has 132 valence electrons. The van der Waals surface area contributed by atoms with Gasteiger partial charge in [-0.1, -0.05) is 11.6 Å². The zero-order valence-corrected chi connectivity index (χ0v) is 14.5. The number of aromatic nitrogens is 2.